The summed E-state index contributed by atoms with van der Waals surface area (Å²) in [5, 5.41) is 23.0. The summed E-state index contributed by atoms with van der Waals surface area (Å²) < 4.78 is 13.1. The van der Waals surface area contributed by atoms with Gasteiger partial charge in [-0.05, 0) is 25.0 Å². The standard InChI is InChI=1S/C13H15FN2O4/c14-9-4-5-11(16(19)20)10(6-9)13(18)15-7-8-2-1-3-12(8)17/h4-6,8,12,17H,1-3,7H2,(H,15,18). The van der Waals surface area contributed by atoms with Crippen molar-refractivity contribution >= 4 is 11.6 Å². The molecule has 1 fully saturated rings. The van der Waals surface area contributed by atoms with Gasteiger partial charge in [0.15, 0.2) is 0 Å². The molecule has 1 aliphatic rings. The van der Waals surface area contributed by atoms with Gasteiger partial charge >= 0.3 is 0 Å². The van der Waals surface area contributed by atoms with Crippen LogP contribution in [0.3, 0.4) is 0 Å². The van der Waals surface area contributed by atoms with Crippen molar-refractivity contribution < 1.29 is 19.2 Å². The van der Waals surface area contributed by atoms with Crippen molar-refractivity contribution in [3.05, 3.63) is 39.7 Å². The monoisotopic (exact) mass is 282 g/mol. The zero-order valence-electron chi connectivity index (χ0n) is 10.7. The molecule has 1 aliphatic carbocycles. The lowest BCUT2D eigenvalue weighted by Crippen LogP contribution is -2.32. The van der Waals surface area contributed by atoms with E-state index in [0.717, 1.165) is 31.0 Å². The second kappa shape index (κ2) is 5.96. The molecule has 1 saturated carbocycles. The molecular formula is C13H15FN2O4. The zero-order chi connectivity index (χ0) is 14.7. The van der Waals surface area contributed by atoms with E-state index >= 15 is 0 Å². The third-order valence-corrected chi connectivity index (χ3v) is 3.54. The summed E-state index contributed by atoms with van der Waals surface area (Å²) in [6.07, 6.45) is 1.92. The summed E-state index contributed by atoms with van der Waals surface area (Å²) in [5.74, 6) is -1.46. The number of benzene rings is 1. The molecular weight excluding hydrogens is 267 g/mol. The van der Waals surface area contributed by atoms with Crippen LogP contribution in [0.4, 0.5) is 10.1 Å². The van der Waals surface area contributed by atoms with E-state index in [2.05, 4.69) is 5.32 Å². The van der Waals surface area contributed by atoms with Crippen molar-refractivity contribution in [2.24, 2.45) is 5.92 Å². The highest BCUT2D eigenvalue weighted by Gasteiger charge is 2.27. The lowest BCUT2D eigenvalue weighted by Gasteiger charge is -2.15. The van der Waals surface area contributed by atoms with E-state index in [-0.39, 0.29) is 18.0 Å². The molecule has 0 radical (unpaired) electrons. The first-order chi connectivity index (χ1) is 9.49. The first kappa shape index (κ1) is 14.4. The highest BCUT2D eigenvalue weighted by Crippen LogP contribution is 2.25. The average molecular weight is 282 g/mol. The zero-order valence-corrected chi connectivity index (χ0v) is 10.7. The normalized spacial score (nSPS) is 21.7. The molecule has 108 valence electrons. The number of carbonyl (C=O) groups is 1. The lowest BCUT2D eigenvalue weighted by atomic mass is 10.1. The topological polar surface area (TPSA) is 92.5 Å². The van der Waals surface area contributed by atoms with Crippen LogP contribution in [-0.4, -0.2) is 28.6 Å². The predicted molar refractivity (Wildman–Crippen MR) is 68.7 cm³/mol. The molecule has 7 heteroatoms. The maximum Gasteiger partial charge on any atom is 0.282 e. The van der Waals surface area contributed by atoms with Crippen LogP contribution in [0.1, 0.15) is 29.6 Å². The number of carbonyl (C=O) groups excluding carboxylic acids is 1. The first-order valence-electron chi connectivity index (χ1n) is 6.39. The van der Waals surface area contributed by atoms with E-state index in [4.69, 9.17) is 0 Å². The molecule has 6 nitrogen and oxygen atoms in total. The minimum Gasteiger partial charge on any atom is -0.393 e. The number of aliphatic hydroxyl groups excluding tert-OH is 1. The molecule has 2 rings (SSSR count). The number of aliphatic hydroxyl groups is 1. The van der Waals surface area contributed by atoms with Gasteiger partial charge in [0.1, 0.15) is 11.4 Å². The Morgan fingerprint density at radius 1 is 1.50 bits per heavy atom. The molecule has 0 aromatic heterocycles. The Balaban J connectivity index is 2.08. The second-order valence-corrected chi connectivity index (χ2v) is 4.89. The van der Waals surface area contributed by atoms with Crippen molar-refractivity contribution in [3.8, 4) is 0 Å². The van der Waals surface area contributed by atoms with Crippen LogP contribution in [0.5, 0.6) is 0 Å². The van der Waals surface area contributed by atoms with Crippen molar-refractivity contribution in [1.82, 2.24) is 5.32 Å². The number of rotatable bonds is 4. The SMILES string of the molecule is O=C(NCC1CCCC1O)c1cc(F)ccc1[N+](=O)[O-]. The van der Waals surface area contributed by atoms with Gasteiger partial charge in [-0.15, -0.1) is 0 Å². The van der Waals surface area contributed by atoms with Crippen molar-refractivity contribution in [2.75, 3.05) is 6.54 Å². The lowest BCUT2D eigenvalue weighted by molar-refractivity contribution is -0.385. The Bertz CT molecular complexity index is 535. The van der Waals surface area contributed by atoms with Crippen molar-refractivity contribution in [3.63, 3.8) is 0 Å². The van der Waals surface area contributed by atoms with E-state index in [0.29, 0.717) is 6.42 Å². The number of hydrogen-bond acceptors (Lipinski definition) is 4. The molecule has 1 amide bonds. The van der Waals surface area contributed by atoms with Crippen LogP contribution in [0.15, 0.2) is 18.2 Å². The minimum atomic E-state index is -0.723. The Hall–Kier alpha value is -2.02. The van der Waals surface area contributed by atoms with Gasteiger partial charge in [0, 0.05) is 18.5 Å². The van der Waals surface area contributed by atoms with E-state index in [1.54, 1.807) is 0 Å². The summed E-state index contributed by atoms with van der Waals surface area (Å²) >= 11 is 0. The molecule has 0 saturated heterocycles. The number of nitro benzene ring substituents is 1. The van der Waals surface area contributed by atoms with Gasteiger partial charge in [0.05, 0.1) is 11.0 Å². The maximum atomic E-state index is 13.1. The molecule has 0 heterocycles. The Kier molecular flexibility index (Phi) is 4.29. The largest absolute Gasteiger partial charge is 0.393 e. The summed E-state index contributed by atoms with van der Waals surface area (Å²) in [6.45, 7) is 0.230. The first-order valence-corrected chi connectivity index (χ1v) is 6.39. The molecule has 2 N–H and O–H groups in total. The van der Waals surface area contributed by atoms with Gasteiger partial charge < -0.3 is 10.4 Å². The molecule has 2 unspecified atom stereocenters. The highest BCUT2D eigenvalue weighted by molar-refractivity contribution is 5.98. The van der Waals surface area contributed by atoms with E-state index in [9.17, 15) is 24.4 Å². The van der Waals surface area contributed by atoms with Crippen LogP contribution >= 0.6 is 0 Å². The molecule has 0 bridgehead atoms. The average Bonchev–Trinajstić information content (AvgIpc) is 2.81. The van der Waals surface area contributed by atoms with Crippen molar-refractivity contribution in [1.29, 1.82) is 0 Å². The van der Waals surface area contributed by atoms with Crippen LogP contribution in [0.2, 0.25) is 0 Å². The fourth-order valence-corrected chi connectivity index (χ4v) is 2.42. The van der Waals surface area contributed by atoms with Crippen LogP contribution in [0.25, 0.3) is 0 Å². The third-order valence-electron chi connectivity index (χ3n) is 3.54. The number of nitrogens with one attached hydrogen (secondary N) is 1. The van der Waals surface area contributed by atoms with Crippen LogP contribution in [0, 0.1) is 21.8 Å². The summed E-state index contributed by atoms with van der Waals surface area (Å²) in [6, 6.07) is 2.75. The van der Waals surface area contributed by atoms with E-state index < -0.39 is 28.4 Å². The summed E-state index contributed by atoms with van der Waals surface area (Å²) in [5.41, 5.74) is -0.738. The smallest absolute Gasteiger partial charge is 0.282 e. The van der Waals surface area contributed by atoms with Gasteiger partial charge in [-0.1, -0.05) is 6.42 Å². The second-order valence-electron chi connectivity index (χ2n) is 4.89. The minimum absolute atomic E-state index is 0.0495. The predicted octanol–water partition coefficient (Wildman–Crippen LogP) is 1.62. The number of nitro groups is 1. The van der Waals surface area contributed by atoms with Crippen LogP contribution in [-0.2, 0) is 0 Å². The fourth-order valence-electron chi connectivity index (χ4n) is 2.42. The summed E-state index contributed by atoms with van der Waals surface area (Å²) in [7, 11) is 0. The quantitative estimate of drug-likeness (QED) is 0.648. The van der Waals surface area contributed by atoms with Gasteiger partial charge in [-0.3, -0.25) is 14.9 Å². The van der Waals surface area contributed by atoms with Gasteiger partial charge in [-0.25, -0.2) is 4.39 Å². The Morgan fingerprint density at radius 3 is 2.85 bits per heavy atom. The van der Waals surface area contributed by atoms with Gasteiger partial charge in [0.2, 0.25) is 0 Å². The molecule has 0 aliphatic heterocycles. The molecule has 0 spiro atoms. The van der Waals surface area contributed by atoms with Gasteiger partial charge in [-0.2, -0.15) is 0 Å². The van der Waals surface area contributed by atoms with Gasteiger partial charge in [0.25, 0.3) is 11.6 Å². The molecule has 1 aromatic rings. The molecule has 2 atom stereocenters. The number of hydrogen-bond donors (Lipinski definition) is 2. The Morgan fingerprint density at radius 2 is 2.25 bits per heavy atom. The third kappa shape index (κ3) is 3.11. The Labute approximate surface area is 114 Å². The number of halogens is 1. The number of amides is 1. The van der Waals surface area contributed by atoms with Crippen LogP contribution < -0.4 is 5.32 Å². The highest BCUT2D eigenvalue weighted by atomic mass is 19.1. The molecule has 1 aromatic carbocycles. The molecule has 20 heavy (non-hydrogen) atoms. The van der Waals surface area contributed by atoms with Crippen molar-refractivity contribution in [2.45, 2.75) is 25.4 Å². The number of nitrogens with zero attached hydrogens (tertiary/aromatic N) is 1. The summed E-state index contributed by atoms with van der Waals surface area (Å²) in [4.78, 5) is 22.0. The van der Waals surface area contributed by atoms with E-state index in [1.807, 2.05) is 0 Å². The fraction of sp³-hybridized carbons (Fsp3) is 0.462. The maximum absolute atomic E-state index is 13.1. The van der Waals surface area contributed by atoms with E-state index in [1.165, 1.54) is 0 Å².